The fourth-order valence-electron chi connectivity index (χ4n) is 2.47. The molecule has 1 amide bonds. The van der Waals surface area contributed by atoms with E-state index in [0.717, 1.165) is 43.2 Å². The van der Waals surface area contributed by atoms with E-state index in [9.17, 15) is 4.79 Å². The standard InChI is InChI=1S/C15H20BrNO/c16-10-4-1-5-11-17-12-6-8-13-7-2-3-9-14(13)15(17)18/h2-3,7,9H,1,4-6,8,10-12H2. The lowest BCUT2D eigenvalue weighted by atomic mass is 10.0. The van der Waals surface area contributed by atoms with Crippen LogP contribution in [0.4, 0.5) is 0 Å². The van der Waals surface area contributed by atoms with Gasteiger partial charge in [0.15, 0.2) is 0 Å². The van der Waals surface area contributed by atoms with Crippen LogP contribution < -0.4 is 0 Å². The van der Waals surface area contributed by atoms with Crippen molar-refractivity contribution < 1.29 is 4.79 Å². The number of hydrogen-bond acceptors (Lipinski definition) is 1. The summed E-state index contributed by atoms with van der Waals surface area (Å²) in [5.41, 5.74) is 2.13. The number of halogens is 1. The highest BCUT2D eigenvalue weighted by Gasteiger charge is 2.21. The Kier molecular flexibility index (Phi) is 5.24. The van der Waals surface area contributed by atoms with Crippen LogP contribution in [-0.4, -0.2) is 29.2 Å². The summed E-state index contributed by atoms with van der Waals surface area (Å²) in [5.74, 6) is 0.224. The molecule has 0 spiro atoms. The largest absolute Gasteiger partial charge is 0.339 e. The Bertz CT molecular complexity index is 405. The first-order chi connectivity index (χ1) is 8.83. The number of fused-ring (bicyclic) bond motifs is 1. The van der Waals surface area contributed by atoms with E-state index < -0.39 is 0 Å². The molecule has 2 rings (SSSR count). The maximum absolute atomic E-state index is 12.4. The van der Waals surface area contributed by atoms with E-state index in [2.05, 4.69) is 22.0 Å². The third kappa shape index (κ3) is 3.35. The molecular weight excluding hydrogens is 290 g/mol. The van der Waals surface area contributed by atoms with Crippen molar-refractivity contribution >= 4 is 21.8 Å². The predicted octanol–water partition coefficient (Wildman–Crippen LogP) is 3.64. The number of nitrogens with zero attached hydrogens (tertiary/aromatic N) is 1. The van der Waals surface area contributed by atoms with Gasteiger partial charge in [0.1, 0.15) is 0 Å². The Hall–Kier alpha value is -0.830. The summed E-state index contributed by atoms with van der Waals surface area (Å²) >= 11 is 3.44. The van der Waals surface area contributed by atoms with Crippen molar-refractivity contribution in [2.75, 3.05) is 18.4 Å². The number of benzene rings is 1. The molecule has 0 bridgehead atoms. The van der Waals surface area contributed by atoms with Gasteiger partial charge in [-0.15, -0.1) is 0 Å². The number of carbonyl (C=O) groups is 1. The van der Waals surface area contributed by atoms with Gasteiger partial charge >= 0.3 is 0 Å². The maximum Gasteiger partial charge on any atom is 0.254 e. The molecule has 0 saturated carbocycles. The summed E-state index contributed by atoms with van der Waals surface area (Å²) < 4.78 is 0. The molecule has 0 N–H and O–H groups in total. The van der Waals surface area contributed by atoms with Gasteiger partial charge in [-0.3, -0.25) is 4.79 Å². The summed E-state index contributed by atoms with van der Waals surface area (Å²) in [6.45, 7) is 1.81. The van der Waals surface area contributed by atoms with E-state index in [-0.39, 0.29) is 5.91 Å². The van der Waals surface area contributed by atoms with Crippen LogP contribution in [0.2, 0.25) is 0 Å². The van der Waals surface area contributed by atoms with Gasteiger partial charge in [0.05, 0.1) is 0 Å². The Balaban J connectivity index is 1.99. The Morgan fingerprint density at radius 2 is 2.00 bits per heavy atom. The number of unbranched alkanes of at least 4 members (excludes halogenated alkanes) is 2. The fourth-order valence-corrected chi connectivity index (χ4v) is 2.86. The third-order valence-corrected chi connectivity index (χ3v) is 4.03. The van der Waals surface area contributed by atoms with Crippen LogP contribution in [0, 0.1) is 0 Å². The first-order valence-electron chi connectivity index (χ1n) is 6.76. The highest BCUT2D eigenvalue weighted by atomic mass is 79.9. The second kappa shape index (κ2) is 6.93. The molecule has 1 aliphatic heterocycles. The van der Waals surface area contributed by atoms with Crippen molar-refractivity contribution in [1.82, 2.24) is 4.90 Å². The highest BCUT2D eigenvalue weighted by molar-refractivity contribution is 9.09. The Labute approximate surface area is 117 Å². The highest BCUT2D eigenvalue weighted by Crippen LogP contribution is 2.18. The van der Waals surface area contributed by atoms with Crippen molar-refractivity contribution in [3.63, 3.8) is 0 Å². The van der Waals surface area contributed by atoms with E-state index >= 15 is 0 Å². The zero-order chi connectivity index (χ0) is 12.8. The summed E-state index contributed by atoms with van der Waals surface area (Å²) in [5, 5.41) is 1.06. The van der Waals surface area contributed by atoms with E-state index in [1.54, 1.807) is 0 Å². The maximum atomic E-state index is 12.4. The summed E-state index contributed by atoms with van der Waals surface area (Å²) in [6.07, 6.45) is 5.61. The molecule has 18 heavy (non-hydrogen) atoms. The molecule has 2 nitrogen and oxygen atoms in total. The fraction of sp³-hybridized carbons (Fsp3) is 0.533. The molecule has 0 radical (unpaired) electrons. The lowest BCUT2D eigenvalue weighted by Gasteiger charge is -2.20. The van der Waals surface area contributed by atoms with E-state index in [4.69, 9.17) is 0 Å². The molecule has 98 valence electrons. The molecule has 3 heteroatoms. The molecule has 0 unspecified atom stereocenters. The van der Waals surface area contributed by atoms with Crippen LogP contribution in [-0.2, 0) is 6.42 Å². The monoisotopic (exact) mass is 309 g/mol. The number of amides is 1. The molecule has 1 aromatic carbocycles. The third-order valence-electron chi connectivity index (χ3n) is 3.47. The van der Waals surface area contributed by atoms with Crippen LogP contribution in [0.25, 0.3) is 0 Å². The van der Waals surface area contributed by atoms with E-state index in [1.807, 2.05) is 23.1 Å². The van der Waals surface area contributed by atoms with Gasteiger partial charge in [0.25, 0.3) is 5.91 Å². The minimum absolute atomic E-state index is 0.224. The van der Waals surface area contributed by atoms with Crippen LogP contribution in [0.1, 0.15) is 41.6 Å². The smallest absolute Gasteiger partial charge is 0.254 e. The first-order valence-corrected chi connectivity index (χ1v) is 7.88. The lowest BCUT2D eigenvalue weighted by molar-refractivity contribution is 0.0758. The zero-order valence-electron chi connectivity index (χ0n) is 10.7. The summed E-state index contributed by atoms with van der Waals surface area (Å²) in [7, 11) is 0. The van der Waals surface area contributed by atoms with Crippen LogP contribution in [0.5, 0.6) is 0 Å². The number of carbonyl (C=O) groups excluding carboxylic acids is 1. The van der Waals surface area contributed by atoms with Gasteiger partial charge in [0.2, 0.25) is 0 Å². The Morgan fingerprint density at radius 1 is 1.17 bits per heavy atom. The second-order valence-corrected chi connectivity index (χ2v) is 5.60. The van der Waals surface area contributed by atoms with Crippen LogP contribution >= 0.6 is 15.9 Å². The first kappa shape index (κ1) is 13.6. The van der Waals surface area contributed by atoms with Crippen molar-refractivity contribution in [1.29, 1.82) is 0 Å². The topological polar surface area (TPSA) is 20.3 Å². The van der Waals surface area contributed by atoms with Gasteiger partial charge in [-0.1, -0.05) is 40.5 Å². The van der Waals surface area contributed by atoms with Crippen LogP contribution in [0.3, 0.4) is 0 Å². The van der Waals surface area contributed by atoms with Gasteiger partial charge in [-0.2, -0.15) is 0 Å². The van der Waals surface area contributed by atoms with E-state index in [1.165, 1.54) is 18.4 Å². The van der Waals surface area contributed by atoms with Crippen LogP contribution in [0.15, 0.2) is 24.3 Å². The second-order valence-electron chi connectivity index (χ2n) is 4.80. The molecule has 1 heterocycles. The molecule has 0 atom stereocenters. The zero-order valence-corrected chi connectivity index (χ0v) is 12.3. The number of rotatable bonds is 5. The Morgan fingerprint density at radius 3 is 2.83 bits per heavy atom. The van der Waals surface area contributed by atoms with Crippen molar-refractivity contribution in [3.05, 3.63) is 35.4 Å². The average Bonchev–Trinajstić information content (AvgIpc) is 2.56. The van der Waals surface area contributed by atoms with Crippen molar-refractivity contribution in [3.8, 4) is 0 Å². The minimum atomic E-state index is 0.224. The van der Waals surface area contributed by atoms with Gasteiger partial charge in [0, 0.05) is 24.0 Å². The summed E-state index contributed by atoms with van der Waals surface area (Å²) in [6, 6.07) is 8.04. The SMILES string of the molecule is O=C1c2ccccc2CCCN1CCCCCBr. The quantitative estimate of drug-likeness (QED) is 0.600. The molecule has 1 aromatic rings. The van der Waals surface area contributed by atoms with Gasteiger partial charge < -0.3 is 4.90 Å². The lowest BCUT2D eigenvalue weighted by Crippen LogP contribution is -2.31. The van der Waals surface area contributed by atoms with Gasteiger partial charge in [-0.25, -0.2) is 0 Å². The van der Waals surface area contributed by atoms with E-state index in [0.29, 0.717) is 0 Å². The van der Waals surface area contributed by atoms with Gasteiger partial charge in [-0.05, 0) is 37.3 Å². The molecule has 0 aliphatic carbocycles. The van der Waals surface area contributed by atoms with Crippen molar-refractivity contribution in [2.24, 2.45) is 0 Å². The molecule has 0 aromatic heterocycles. The molecule has 0 fully saturated rings. The minimum Gasteiger partial charge on any atom is -0.339 e. The average molecular weight is 310 g/mol. The number of hydrogen-bond donors (Lipinski definition) is 0. The predicted molar refractivity (Wildman–Crippen MR) is 78.3 cm³/mol. The molecular formula is C15H20BrNO. The number of alkyl halides is 1. The van der Waals surface area contributed by atoms with Crippen molar-refractivity contribution in [2.45, 2.75) is 32.1 Å². The summed E-state index contributed by atoms with van der Waals surface area (Å²) in [4.78, 5) is 14.4. The molecule has 1 aliphatic rings. The molecule has 0 saturated heterocycles. The normalized spacial score (nSPS) is 15.4. The number of aryl methyl sites for hydroxylation is 1.